The number of benzene rings is 1. The van der Waals surface area contributed by atoms with E-state index in [-0.39, 0.29) is 22.6 Å². The molecule has 2 aliphatic heterocycles. The van der Waals surface area contributed by atoms with Crippen LogP contribution in [0.5, 0.6) is 0 Å². The Labute approximate surface area is 144 Å². The highest BCUT2D eigenvalue weighted by Crippen LogP contribution is 2.32. The van der Waals surface area contributed by atoms with E-state index in [1.54, 1.807) is 4.90 Å². The third-order valence-corrected chi connectivity index (χ3v) is 5.05. The first kappa shape index (κ1) is 17.2. The Morgan fingerprint density at radius 1 is 1.17 bits per heavy atom. The SMILES string of the molecule is NC(=O)[C@H]1CC[C@@H](C2CCN(C(=O)c3cc(F)cc(Cl)c3)CC2)O1. The molecule has 2 heterocycles. The number of hydrogen-bond acceptors (Lipinski definition) is 3. The summed E-state index contributed by atoms with van der Waals surface area (Å²) >= 11 is 5.82. The second kappa shape index (κ2) is 7.07. The van der Waals surface area contributed by atoms with E-state index in [2.05, 4.69) is 0 Å². The minimum Gasteiger partial charge on any atom is -0.367 e. The second-order valence-corrected chi connectivity index (χ2v) is 6.87. The van der Waals surface area contributed by atoms with Gasteiger partial charge in [0.25, 0.3) is 5.91 Å². The molecule has 24 heavy (non-hydrogen) atoms. The maximum Gasteiger partial charge on any atom is 0.254 e. The number of nitrogens with zero attached hydrogens (tertiary/aromatic N) is 1. The average Bonchev–Trinajstić information content (AvgIpc) is 3.03. The summed E-state index contributed by atoms with van der Waals surface area (Å²) < 4.78 is 19.1. The number of nitrogens with two attached hydrogens (primary N) is 1. The third-order valence-electron chi connectivity index (χ3n) is 4.83. The van der Waals surface area contributed by atoms with Crippen molar-refractivity contribution in [2.45, 2.75) is 37.9 Å². The zero-order chi connectivity index (χ0) is 17.3. The number of primary amides is 1. The van der Waals surface area contributed by atoms with Gasteiger partial charge in [0.15, 0.2) is 0 Å². The molecular formula is C17H20ClFN2O3. The zero-order valence-corrected chi connectivity index (χ0v) is 14.0. The van der Waals surface area contributed by atoms with Gasteiger partial charge in [0.2, 0.25) is 5.91 Å². The van der Waals surface area contributed by atoms with E-state index in [1.165, 1.54) is 18.2 Å². The van der Waals surface area contributed by atoms with Crippen molar-refractivity contribution in [1.29, 1.82) is 0 Å². The largest absolute Gasteiger partial charge is 0.367 e. The van der Waals surface area contributed by atoms with Gasteiger partial charge in [0.1, 0.15) is 11.9 Å². The molecule has 3 rings (SSSR count). The van der Waals surface area contributed by atoms with E-state index in [9.17, 15) is 14.0 Å². The van der Waals surface area contributed by atoms with Crippen molar-refractivity contribution in [3.05, 3.63) is 34.6 Å². The van der Waals surface area contributed by atoms with Crippen molar-refractivity contribution in [2.24, 2.45) is 11.7 Å². The molecule has 0 bridgehead atoms. The molecule has 2 amide bonds. The number of halogens is 2. The molecule has 5 nitrogen and oxygen atoms in total. The molecule has 0 unspecified atom stereocenters. The predicted molar refractivity (Wildman–Crippen MR) is 87.1 cm³/mol. The summed E-state index contributed by atoms with van der Waals surface area (Å²) in [6.45, 7) is 1.16. The van der Waals surface area contributed by atoms with Gasteiger partial charge in [-0.15, -0.1) is 0 Å². The van der Waals surface area contributed by atoms with Gasteiger partial charge in [-0.25, -0.2) is 4.39 Å². The van der Waals surface area contributed by atoms with Gasteiger partial charge in [0, 0.05) is 23.7 Å². The van der Waals surface area contributed by atoms with Crippen LogP contribution in [0.4, 0.5) is 4.39 Å². The van der Waals surface area contributed by atoms with Crippen LogP contribution in [0.2, 0.25) is 5.02 Å². The highest BCUT2D eigenvalue weighted by Gasteiger charge is 2.36. The molecule has 2 aliphatic rings. The quantitative estimate of drug-likeness (QED) is 0.905. The fraction of sp³-hybridized carbons (Fsp3) is 0.529. The summed E-state index contributed by atoms with van der Waals surface area (Å²) in [6.07, 6.45) is 2.63. The molecule has 130 valence electrons. The van der Waals surface area contributed by atoms with Crippen molar-refractivity contribution in [3.8, 4) is 0 Å². The van der Waals surface area contributed by atoms with Gasteiger partial charge in [0.05, 0.1) is 6.10 Å². The second-order valence-electron chi connectivity index (χ2n) is 6.43. The van der Waals surface area contributed by atoms with Crippen molar-refractivity contribution >= 4 is 23.4 Å². The van der Waals surface area contributed by atoms with Crippen LogP contribution < -0.4 is 5.73 Å². The molecule has 1 aromatic carbocycles. The lowest BCUT2D eigenvalue weighted by Crippen LogP contribution is -2.41. The van der Waals surface area contributed by atoms with Gasteiger partial charge >= 0.3 is 0 Å². The smallest absolute Gasteiger partial charge is 0.254 e. The van der Waals surface area contributed by atoms with Gasteiger partial charge in [-0.3, -0.25) is 9.59 Å². The minimum atomic E-state index is -0.516. The maximum atomic E-state index is 13.4. The van der Waals surface area contributed by atoms with Crippen LogP contribution in [0.25, 0.3) is 0 Å². The standard InChI is InChI=1S/C17H20ClFN2O3/c18-12-7-11(8-13(19)9-12)17(23)21-5-3-10(4-6-21)14-1-2-15(24-14)16(20)22/h7-10,14-15H,1-6H2,(H2,20,22)/t14-,15+/m0/s1. The number of carbonyl (C=O) groups is 2. The molecule has 2 atom stereocenters. The van der Waals surface area contributed by atoms with E-state index in [0.717, 1.165) is 19.3 Å². The summed E-state index contributed by atoms with van der Waals surface area (Å²) in [7, 11) is 0. The molecule has 7 heteroatoms. The summed E-state index contributed by atoms with van der Waals surface area (Å²) in [5.74, 6) is -0.822. The molecule has 0 saturated carbocycles. The molecule has 2 N–H and O–H groups in total. The first-order valence-corrected chi connectivity index (χ1v) is 8.52. The number of carbonyl (C=O) groups excluding carboxylic acids is 2. The Bertz CT molecular complexity index is 626. The Hall–Kier alpha value is -1.66. The van der Waals surface area contributed by atoms with Crippen LogP contribution in [-0.2, 0) is 9.53 Å². The van der Waals surface area contributed by atoms with E-state index >= 15 is 0 Å². The van der Waals surface area contributed by atoms with Crippen molar-refractivity contribution in [1.82, 2.24) is 4.90 Å². The average molecular weight is 355 g/mol. The lowest BCUT2D eigenvalue weighted by atomic mass is 9.89. The van der Waals surface area contributed by atoms with Crippen LogP contribution in [-0.4, -0.2) is 42.0 Å². The topological polar surface area (TPSA) is 72.6 Å². The number of piperidine rings is 1. The van der Waals surface area contributed by atoms with E-state index < -0.39 is 17.8 Å². The van der Waals surface area contributed by atoms with Gasteiger partial charge in [-0.2, -0.15) is 0 Å². The minimum absolute atomic E-state index is 0.0309. The lowest BCUT2D eigenvalue weighted by molar-refractivity contribution is -0.130. The van der Waals surface area contributed by atoms with Crippen LogP contribution in [0, 0.1) is 11.7 Å². The molecule has 1 aromatic rings. The summed E-state index contributed by atoms with van der Waals surface area (Å²) in [5.41, 5.74) is 5.55. The Kier molecular flexibility index (Phi) is 5.06. The highest BCUT2D eigenvalue weighted by molar-refractivity contribution is 6.31. The van der Waals surface area contributed by atoms with Gasteiger partial charge in [-0.05, 0) is 49.8 Å². The number of amides is 2. The first-order chi connectivity index (χ1) is 11.4. The number of ether oxygens (including phenoxy) is 1. The Morgan fingerprint density at radius 3 is 2.46 bits per heavy atom. The van der Waals surface area contributed by atoms with Gasteiger partial charge in [-0.1, -0.05) is 11.6 Å². The summed E-state index contributed by atoms with van der Waals surface area (Å²) in [4.78, 5) is 25.4. The van der Waals surface area contributed by atoms with Crippen LogP contribution in [0.15, 0.2) is 18.2 Å². The normalized spacial score (nSPS) is 25.0. The van der Waals surface area contributed by atoms with E-state index in [1.807, 2.05) is 0 Å². The molecule has 0 radical (unpaired) electrons. The highest BCUT2D eigenvalue weighted by atomic mass is 35.5. The lowest BCUT2D eigenvalue weighted by Gasteiger charge is -2.34. The van der Waals surface area contributed by atoms with Crippen molar-refractivity contribution < 1.29 is 18.7 Å². The first-order valence-electron chi connectivity index (χ1n) is 8.14. The molecule has 0 aromatic heterocycles. The molecule has 2 fully saturated rings. The van der Waals surface area contributed by atoms with E-state index in [4.69, 9.17) is 22.1 Å². The van der Waals surface area contributed by atoms with Crippen LogP contribution in [0.1, 0.15) is 36.0 Å². The molecular weight excluding hydrogens is 335 g/mol. The van der Waals surface area contributed by atoms with Crippen LogP contribution in [0.3, 0.4) is 0 Å². The zero-order valence-electron chi connectivity index (χ0n) is 13.2. The van der Waals surface area contributed by atoms with Crippen LogP contribution >= 0.6 is 11.6 Å². The Morgan fingerprint density at radius 2 is 1.88 bits per heavy atom. The number of likely N-dealkylation sites (tertiary alicyclic amines) is 1. The van der Waals surface area contributed by atoms with Gasteiger partial charge < -0.3 is 15.4 Å². The Balaban J connectivity index is 1.57. The monoisotopic (exact) mass is 354 g/mol. The summed E-state index contributed by atoms with van der Waals surface area (Å²) in [6, 6.07) is 3.87. The fourth-order valence-electron chi connectivity index (χ4n) is 3.55. The maximum absolute atomic E-state index is 13.4. The predicted octanol–water partition coefficient (Wildman–Crippen LogP) is 2.36. The molecule has 0 spiro atoms. The fourth-order valence-corrected chi connectivity index (χ4v) is 3.77. The molecule has 2 saturated heterocycles. The third kappa shape index (κ3) is 3.70. The van der Waals surface area contributed by atoms with Crippen molar-refractivity contribution in [2.75, 3.05) is 13.1 Å². The molecule has 0 aliphatic carbocycles. The summed E-state index contributed by atoms with van der Waals surface area (Å²) in [5, 5.41) is 0.213. The number of hydrogen-bond donors (Lipinski definition) is 1. The number of rotatable bonds is 3. The van der Waals surface area contributed by atoms with E-state index in [0.29, 0.717) is 25.4 Å². The van der Waals surface area contributed by atoms with Crippen molar-refractivity contribution in [3.63, 3.8) is 0 Å².